The maximum atomic E-state index is 11.5. The van der Waals surface area contributed by atoms with Gasteiger partial charge in [0.25, 0.3) is 0 Å². The fourth-order valence-corrected chi connectivity index (χ4v) is 1.35. The predicted octanol–water partition coefficient (Wildman–Crippen LogP) is 2.01. The minimum Gasteiger partial charge on any atom is -0.410 e. The van der Waals surface area contributed by atoms with Gasteiger partial charge in [0.15, 0.2) is 0 Å². The van der Waals surface area contributed by atoms with Crippen LogP contribution in [0.3, 0.4) is 0 Å². The second-order valence-electron chi connectivity index (χ2n) is 3.58. The normalized spacial score (nSPS) is 9.94. The Morgan fingerprint density at radius 1 is 1.41 bits per heavy atom. The van der Waals surface area contributed by atoms with Crippen LogP contribution in [0.15, 0.2) is 36.5 Å². The van der Waals surface area contributed by atoms with Crippen LogP contribution in [0.5, 0.6) is 5.75 Å². The van der Waals surface area contributed by atoms with Gasteiger partial charge < -0.3 is 10.1 Å². The third kappa shape index (κ3) is 3.07. The lowest BCUT2D eigenvalue weighted by atomic mass is 10.3. The molecule has 0 aliphatic carbocycles. The highest BCUT2D eigenvalue weighted by Gasteiger charge is 2.05. The summed E-state index contributed by atoms with van der Waals surface area (Å²) in [5.74, 6) is 0.522. The van der Waals surface area contributed by atoms with E-state index in [1.807, 2.05) is 25.1 Å². The Balaban J connectivity index is 1.84. The Bertz CT molecular complexity index is 493. The lowest BCUT2D eigenvalue weighted by Crippen LogP contribution is -2.26. The largest absolute Gasteiger partial charge is 0.412 e. The first-order valence-corrected chi connectivity index (χ1v) is 5.25. The Morgan fingerprint density at radius 2 is 2.18 bits per heavy atom. The molecule has 2 N–H and O–H groups in total. The van der Waals surface area contributed by atoms with Crippen molar-refractivity contribution in [1.82, 2.24) is 15.5 Å². The molecule has 0 atom stereocenters. The molecule has 88 valence electrons. The van der Waals surface area contributed by atoms with Crippen molar-refractivity contribution in [1.29, 1.82) is 0 Å². The van der Waals surface area contributed by atoms with Crippen LogP contribution in [0.25, 0.3) is 0 Å². The van der Waals surface area contributed by atoms with Gasteiger partial charge in [-0.2, -0.15) is 5.10 Å². The van der Waals surface area contributed by atoms with Crippen LogP contribution in [0.4, 0.5) is 4.79 Å². The molecule has 0 fully saturated rings. The van der Waals surface area contributed by atoms with Crippen molar-refractivity contribution < 1.29 is 9.53 Å². The summed E-state index contributed by atoms with van der Waals surface area (Å²) in [6, 6.07) is 8.93. The number of aromatic nitrogens is 2. The average Bonchev–Trinajstić information content (AvgIpc) is 2.74. The van der Waals surface area contributed by atoms with E-state index < -0.39 is 6.09 Å². The molecule has 0 aliphatic rings. The fraction of sp³-hybridized carbons (Fsp3) is 0.167. The lowest BCUT2D eigenvalue weighted by molar-refractivity contribution is 0.200. The molecular formula is C12H13N3O2. The first kappa shape index (κ1) is 11.2. The summed E-state index contributed by atoms with van der Waals surface area (Å²) < 4.78 is 5.07. The highest BCUT2D eigenvalue weighted by atomic mass is 16.5. The molecular weight excluding hydrogens is 218 g/mol. The zero-order valence-corrected chi connectivity index (χ0v) is 9.43. The molecule has 0 radical (unpaired) electrons. The smallest absolute Gasteiger partial charge is 0.410 e. The van der Waals surface area contributed by atoms with Crippen molar-refractivity contribution in [2.24, 2.45) is 0 Å². The zero-order valence-electron chi connectivity index (χ0n) is 9.43. The summed E-state index contributed by atoms with van der Waals surface area (Å²) in [5.41, 5.74) is 1.88. The van der Waals surface area contributed by atoms with Gasteiger partial charge in [0.1, 0.15) is 5.75 Å². The van der Waals surface area contributed by atoms with Crippen LogP contribution in [0.2, 0.25) is 0 Å². The number of aryl methyl sites for hydroxylation is 1. The molecule has 1 aromatic carbocycles. The number of aromatic amines is 1. The van der Waals surface area contributed by atoms with Crippen molar-refractivity contribution in [3.8, 4) is 5.75 Å². The molecule has 1 amide bonds. The monoisotopic (exact) mass is 231 g/mol. The highest BCUT2D eigenvalue weighted by molar-refractivity contribution is 5.70. The SMILES string of the molecule is Cc1[nH]ncc1CNC(=O)Oc1ccccc1. The van der Waals surface area contributed by atoms with Crippen LogP contribution in [-0.2, 0) is 6.54 Å². The third-order valence-corrected chi connectivity index (χ3v) is 2.31. The van der Waals surface area contributed by atoms with E-state index in [9.17, 15) is 4.79 Å². The minimum atomic E-state index is -0.475. The standard InChI is InChI=1S/C12H13N3O2/c1-9-10(8-14-15-9)7-13-12(16)17-11-5-3-2-4-6-11/h2-6,8H,7H2,1H3,(H,13,16)(H,14,15). The van der Waals surface area contributed by atoms with Crippen molar-refractivity contribution >= 4 is 6.09 Å². The Hall–Kier alpha value is -2.30. The molecule has 17 heavy (non-hydrogen) atoms. The van der Waals surface area contributed by atoms with Crippen LogP contribution in [0, 0.1) is 6.92 Å². The van der Waals surface area contributed by atoms with E-state index >= 15 is 0 Å². The predicted molar refractivity (Wildman–Crippen MR) is 62.6 cm³/mol. The van der Waals surface area contributed by atoms with Gasteiger partial charge in [-0.3, -0.25) is 5.10 Å². The van der Waals surface area contributed by atoms with Gasteiger partial charge in [0.2, 0.25) is 0 Å². The number of rotatable bonds is 3. The van der Waals surface area contributed by atoms with Crippen LogP contribution in [-0.4, -0.2) is 16.3 Å². The number of H-pyrrole nitrogens is 1. The fourth-order valence-electron chi connectivity index (χ4n) is 1.35. The number of nitrogens with zero attached hydrogens (tertiary/aromatic N) is 1. The van der Waals surface area contributed by atoms with E-state index in [0.717, 1.165) is 11.3 Å². The topological polar surface area (TPSA) is 67.0 Å². The van der Waals surface area contributed by atoms with Crippen molar-refractivity contribution in [2.75, 3.05) is 0 Å². The number of nitrogens with one attached hydrogen (secondary N) is 2. The van der Waals surface area contributed by atoms with Gasteiger partial charge in [0.05, 0.1) is 6.20 Å². The van der Waals surface area contributed by atoms with Crippen LogP contribution in [0.1, 0.15) is 11.3 Å². The number of hydrogen-bond acceptors (Lipinski definition) is 3. The van der Waals surface area contributed by atoms with E-state index in [4.69, 9.17) is 4.74 Å². The summed E-state index contributed by atoms with van der Waals surface area (Å²) in [6.07, 6.45) is 1.20. The van der Waals surface area contributed by atoms with Crippen molar-refractivity contribution in [3.63, 3.8) is 0 Å². The summed E-state index contributed by atoms with van der Waals surface area (Å²) in [4.78, 5) is 11.5. The van der Waals surface area contributed by atoms with E-state index in [-0.39, 0.29) is 0 Å². The van der Waals surface area contributed by atoms with Crippen molar-refractivity contribution in [3.05, 3.63) is 47.8 Å². The molecule has 0 saturated carbocycles. The van der Waals surface area contributed by atoms with Crippen LogP contribution >= 0.6 is 0 Å². The van der Waals surface area contributed by atoms with Gasteiger partial charge in [-0.1, -0.05) is 18.2 Å². The molecule has 5 nitrogen and oxygen atoms in total. The minimum absolute atomic E-state index is 0.397. The number of para-hydroxylation sites is 1. The first-order chi connectivity index (χ1) is 8.25. The zero-order chi connectivity index (χ0) is 12.1. The van der Waals surface area contributed by atoms with E-state index in [0.29, 0.717) is 12.3 Å². The number of carbonyl (C=O) groups is 1. The lowest BCUT2D eigenvalue weighted by Gasteiger charge is -2.05. The molecule has 0 bridgehead atoms. The summed E-state index contributed by atoms with van der Waals surface area (Å²) >= 11 is 0. The molecule has 2 aromatic rings. The van der Waals surface area contributed by atoms with Gasteiger partial charge >= 0.3 is 6.09 Å². The summed E-state index contributed by atoms with van der Waals surface area (Å²) in [7, 11) is 0. The number of amides is 1. The van der Waals surface area contributed by atoms with Crippen LogP contribution < -0.4 is 10.1 Å². The average molecular weight is 231 g/mol. The molecule has 0 saturated heterocycles. The maximum absolute atomic E-state index is 11.5. The highest BCUT2D eigenvalue weighted by Crippen LogP contribution is 2.08. The molecule has 5 heteroatoms. The quantitative estimate of drug-likeness (QED) is 0.849. The Labute approximate surface area is 98.8 Å². The number of ether oxygens (including phenoxy) is 1. The Morgan fingerprint density at radius 3 is 2.82 bits per heavy atom. The second-order valence-corrected chi connectivity index (χ2v) is 3.58. The summed E-state index contributed by atoms with van der Waals surface area (Å²) in [6.45, 7) is 2.29. The number of benzene rings is 1. The van der Waals surface area contributed by atoms with Gasteiger partial charge in [-0.15, -0.1) is 0 Å². The number of carbonyl (C=O) groups excluding carboxylic acids is 1. The number of hydrogen-bond donors (Lipinski definition) is 2. The maximum Gasteiger partial charge on any atom is 0.412 e. The molecule has 0 unspecified atom stereocenters. The van der Waals surface area contributed by atoms with Crippen molar-refractivity contribution in [2.45, 2.75) is 13.5 Å². The third-order valence-electron chi connectivity index (χ3n) is 2.31. The second kappa shape index (κ2) is 5.16. The Kier molecular flexibility index (Phi) is 3.40. The molecule has 2 rings (SSSR count). The first-order valence-electron chi connectivity index (χ1n) is 5.25. The van der Waals surface area contributed by atoms with Gasteiger partial charge in [-0.25, -0.2) is 4.79 Å². The van der Waals surface area contributed by atoms with E-state index in [2.05, 4.69) is 15.5 Å². The van der Waals surface area contributed by atoms with E-state index in [1.165, 1.54) is 0 Å². The molecule has 0 spiro atoms. The molecule has 1 heterocycles. The molecule has 0 aliphatic heterocycles. The molecule has 1 aromatic heterocycles. The summed E-state index contributed by atoms with van der Waals surface area (Å²) in [5, 5.41) is 9.32. The van der Waals surface area contributed by atoms with E-state index in [1.54, 1.807) is 18.3 Å². The van der Waals surface area contributed by atoms with Gasteiger partial charge in [-0.05, 0) is 19.1 Å². The van der Waals surface area contributed by atoms with Gasteiger partial charge in [0, 0.05) is 17.8 Å².